The summed E-state index contributed by atoms with van der Waals surface area (Å²) in [6.45, 7) is 2.71. The average molecular weight is 291 g/mol. The van der Waals surface area contributed by atoms with Crippen molar-refractivity contribution in [3.8, 4) is 5.75 Å². The van der Waals surface area contributed by atoms with E-state index >= 15 is 0 Å². The molecule has 1 aliphatic carbocycles. The van der Waals surface area contributed by atoms with Crippen LogP contribution in [-0.4, -0.2) is 30.1 Å². The average Bonchev–Trinajstić information content (AvgIpc) is 2.40. The van der Waals surface area contributed by atoms with Crippen molar-refractivity contribution in [2.45, 2.75) is 32.6 Å². The van der Waals surface area contributed by atoms with Gasteiger partial charge in [-0.3, -0.25) is 9.59 Å². The molecule has 0 aromatic heterocycles. The Balaban J connectivity index is 1.70. The first-order chi connectivity index (χ1) is 10.0. The van der Waals surface area contributed by atoms with E-state index < -0.39 is 11.4 Å². The van der Waals surface area contributed by atoms with Crippen LogP contribution < -0.4 is 10.1 Å². The van der Waals surface area contributed by atoms with Crippen molar-refractivity contribution >= 4 is 11.9 Å². The number of carbonyl (C=O) groups excluding carboxylic acids is 1. The third kappa shape index (κ3) is 3.74. The van der Waals surface area contributed by atoms with Crippen LogP contribution in [0.5, 0.6) is 5.75 Å². The van der Waals surface area contributed by atoms with E-state index in [0.29, 0.717) is 26.0 Å². The minimum atomic E-state index is -0.861. The van der Waals surface area contributed by atoms with Gasteiger partial charge in [0.25, 0.3) is 0 Å². The number of carbonyl (C=O) groups is 2. The van der Waals surface area contributed by atoms with E-state index in [1.165, 1.54) is 0 Å². The predicted molar refractivity (Wildman–Crippen MR) is 78.2 cm³/mol. The third-order valence-electron chi connectivity index (χ3n) is 4.04. The molecule has 1 saturated carbocycles. The topological polar surface area (TPSA) is 75.6 Å². The maximum absolute atomic E-state index is 11.8. The summed E-state index contributed by atoms with van der Waals surface area (Å²) in [7, 11) is 0. The Morgan fingerprint density at radius 3 is 2.62 bits per heavy atom. The molecule has 2 N–H and O–H groups in total. The number of hydrogen-bond acceptors (Lipinski definition) is 3. The zero-order valence-corrected chi connectivity index (χ0v) is 12.2. The number of carboxylic acids is 1. The molecule has 1 fully saturated rings. The fourth-order valence-electron chi connectivity index (χ4n) is 2.51. The summed E-state index contributed by atoms with van der Waals surface area (Å²) >= 11 is 0. The first-order valence-electron chi connectivity index (χ1n) is 7.22. The van der Waals surface area contributed by atoms with E-state index in [2.05, 4.69) is 5.32 Å². The molecule has 0 saturated heterocycles. The fraction of sp³-hybridized carbons (Fsp3) is 0.500. The number of rotatable bonds is 7. The van der Waals surface area contributed by atoms with Crippen LogP contribution in [0.15, 0.2) is 24.3 Å². The highest BCUT2D eigenvalue weighted by Gasteiger charge is 2.45. The summed E-state index contributed by atoms with van der Waals surface area (Å²) in [5, 5.41) is 11.9. The van der Waals surface area contributed by atoms with Crippen molar-refractivity contribution in [3.05, 3.63) is 29.8 Å². The van der Waals surface area contributed by atoms with Gasteiger partial charge in [0.15, 0.2) is 0 Å². The van der Waals surface area contributed by atoms with Gasteiger partial charge in [-0.1, -0.05) is 24.6 Å². The quantitative estimate of drug-likeness (QED) is 0.755. The molecule has 1 aliphatic rings. The number of benzene rings is 1. The lowest BCUT2D eigenvalue weighted by Crippen LogP contribution is -2.43. The second kappa shape index (κ2) is 6.61. The van der Waals surface area contributed by atoms with Crippen molar-refractivity contribution in [2.24, 2.45) is 5.41 Å². The number of para-hydroxylation sites is 1. The van der Waals surface area contributed by atoms with Crippen LogP contribution in [0, 0.1) is 12.3 Å². The number of carboxylic acid groups (broad SMARTS) is 1. The molecule has 0 bridgehead atoms. The molecule has 2 rings (SSSR count). The third-order valence-corrected chi connectivity index (χ3v) is 4.04. The molecule has 21 heavy (non-hydrogen) atoms. The van der Waals surface area contributed by atoms with Gasteiger partial charge in [-0.15, -0.1) is 0 Å². The molecule has 5 heteroatoms. The highest BCUT2D eigenvalue weighted by atomic mass is 16.5. The highest BCUT2D eigenvalue weighted by molar-refractivity contribution is 5.85. The zero-order chi connectivity index (χ0) is 15.3. The van der Waals surface area contributed by atoms with Crippen LogP contribution >= 0.6 is 0 Å². The predicted octanol–water partition coefficient (Wildman–Crippen LogP) is 2.14. The maximum Gasteiger partial charge on any atom is 0.310 e. The maximum atomic E-state index is 11.8. The molecule has 0 atom stereocenters. The van der Waals surface area contributed by atoms with Crippen LogP contribution in [0.25, 0.3) is 0 Å². The standard InChI is InChI=1S/C16H21NO4/c1-12-5-2-3-6-13(12)21-10-9-17-14(18)11-16(15(19)20)7-4-8-16/h2-3,5-6H,4,7-11H2,1H3,(H,17,18)(H,19,20). The Kier molecular flexibility index (Phi) is 4.83. The van der Waals surface area contributed by atoms with Crippen LogP contribution in [0.2, 0.25) is 0 Å². The summed E-state index contributed by atoms with van der Waals surface area (Å²) in [4.78, 5) is 23.0. The van der Waals surface area contributed by atoms with E-state index in [4.69, 9.17) is 4.74 Å². The van der Waals surface area contributed by atoms with E-state index in [1.54, 1.807) is 0 Å². The molecule has 0 radical (unpaired) electrons. The zero-order valence-electron chi connectivity index (χ0n) is 12.2. The highest BCUT2D eigenvalue weighted by Crippen LogP contribution is 2.44. The lowest BCUT2D eigenvalue weighted by molar-refractivity contribution is -0.157. The molecule has 0 aliphatic heterocycles. The Morgan fingerprint density at radius 1 is 1.33 bits per heavy atom. The van der Waals surface area contributed by atoms with Crippen molar-refractivity contribution in [1.82, 2.24) is 5.32 Å². The largest absolute Gasteiger partial charge is 0.491 e. The summed E-state index contributed by atoms with van der Waals surface area (Å²) < 4.78 is 5.57. The summed E-state index contributed by atoms with van der Waals surface area (Å²) in [5.74, 6) is -0.279. The normalized spacial score (nSPS) is 15.9. The molecular formula is C16H21NO4. The first kappa shape index (κ1) is 15.4. The Morgan fingerprint density at radius 2 is 2.05 bits per heavy atom. The molecule has 1 aromatic carbocycles. The molecule has 5 nitrogen and oxygen atoms in total. The van der Waals surface area contributed by atoms with Gasteiger partial charge in [0.2, 0.25) is 5.91 Å². The number of aliphatic carboxylic acids is 1. The van der Waals surface area contributed by atoms with Crippen molar-refractivity contribution in [1.29, 1.82) is 0 Å². The first-order valence-corrected chi connectivity index (χ1v) is 7.22. The number of nitrogens with one attached hydrogen (secondary N) is 1. The van der Waals surface area contributed by atoms with Crippen molar-refractivity contribution in [2.75, 3.05) is 13.2 Å². The van der Waals surface area contributed by atoms with E-state index in [1.807, 2.05) is 31.2 Å². The van der Waals surface area contributed by atoms with E-state index in [-0.39, 0.29) is 12.3 Å². The van der Waals surface area contributed by atoms with Crippen LogP contribution in [0.1, 0.15) is 31.2 Å². The van der Waals surface area contributed by atoms with Crippen LogP contribution in [0.4, 0.5) is 0 Å². The lowest BCUT2D eigenvalue weighted by Gasteiger charge is -2.36. The SMILES string of the molecule is Cc1ccccc1OCCNC(=O)CC1(C(=O)O)CCC1. The number of amides is 1. The molecule has 0 spiro atoms. The van der Waals surface area contributed by atoms with Gasteiger partial charge >= 0.3 is 5.97 Å². The lowest BCUT2D eigenvalue weighted by atomic mass is 9.66. The molecular weight excluding hydrogens is 270 g/mol. The minimum Gasteiger partial charge on any atom is -0.491 e. The molecule has 0 heterocycles. The second-order valence-corrected chi connectivity index (χ2v) is 5.58. The van der Waals surface area contributed by atoms with Crippen LogP contribution in [-0.2, 0) is 9.59 Å². The molecule has 0 unspecified atom stereocenters. The van der Waals surface area contributed by atoms with Gasteiger partial charge in [0.05, 0.1) is 12.0 Å². The smallest absolute Gasteiger partial charge is 0.310 e. The fourth-order valence-corrected chi connectivity index (χ4v) is 2.51. The molecule has 1 amide bonds. The number of hydrogen-bond donors (Lipinski definition) is 2. The summed E-state index contributed by atoms with van der Waals surface area (Å²) in [6.07, 6.45) is 2.13. The summed E-state index contributed by atoms with van der Waals surface area (Å²) in [6, 6.07) is 7.67. The Labute approximate surface area is 124 Å². The number of aryl methyl sites for hydroxylation is 1. The van der Waals surface area contributed by atoms with Crippen molar-refractivity contribution < 1.29 is 19.4 Å². The molecule has 1 aromatic rings. The van der Waals surface area contributed by atoms with Gasteiger partial charge in [-0.05, 0) is 31.4 Å². The van der Waals surface area contributed by atoms with E-state index in [0.717, 1.165) is 17.7 Å². The number of ether oxygens (including phenoxy) is 1. The van der Waals surface area contributed by atoms with Gasteiger partial charge in [0, 0.05) is 6.42 Å². The van der Waals surface area contributed by atoms with Gasteiger partial charge in [-0.25, -0.2) is 0 Å². The molecule has 114 valence electrons. The second-order valence-electron chi connectivity index (χ2n) is 5.58. The van der Waals surface area contributed by atoms with Gasteiger partial charge in [-0.2, -0.15) is 0 Å². The van der Waals surface area contributed by atoms with Gasteiger partial charge < -0.3 is 15.2 Å². The Bertz CT molecular complexity index is 523. The van der Waals surface area contributed by atoms with E-state index in [9.17, 15) is 14.7 Å². The summed E-state index contributed by atoms with van der Waals surface area (Å²) in [5.41, 5.74) is 0.212. The Hall–Kier alpha value is -2.04. The van der Waals surface area contributed by atoms with Crippen molar-refractivity contribution in [3.63, 3.8) is 0 Å². The minimum absolute atomic E-state index is 0.0622. The van der Waals surface area contributed by atoms with Crippen LogP contribution in [0.3, 0.4) is 0 Å². The monoisotopic (exact) mass is 291 g/mol. The van der Waals surface area contributed by atoms with Gasteiger partial charge in [0.1, 0.15) is 12.4 Å².